The quantitative estimate of drug-likeness (QED) is 0.376. The fraction of sp³-hybridized carbons (Fsp3) is 0.240. The summed E-state index contributed by atoms with van der Waals surface area (Å²) in [7, 11) is 3.13. The number of ether oxygens (including phenoxy) is 3. The molecule has 0 aliphatic carbocycles. The van der Waals surface area contributed by atoms with E-state index in [0.717, 1.165) is 16.5 Å². The van der Waals surface area contributed by atoms with Gasteiger partial charge >= 0.3 is 5.97 Å². The van der Waals surface area contributed by atoms with E-state index in [4.69, 9.17) is 14.2 Å². The highest BCUT2D eigenvalue weighted by Gasteiger charge is 2.15. The van der Waals surface area contributed by atoms with Gasteiger partial charge in [0.1, 0.15) is 0 Å². The number of hydrogen-bond acceptors (Lipinski definition) is 6. The van der Waals surface area contributed by atoms with Gasteiger partial charge in [0.05, 0.1) is 25.4 Å². The molecule has 7 nitrogen and oxygen atoms in total. The lowest BCUT2D eigenvalue weighted by Gasteiger charge is -2.21. The Morgan fingerprint density at radius 3 is 2.53 bits per heavy atom. The third kappa shape index (κ3) is 5.85. The number of fused-ring (bicyclic) bond motifs is 1. The second-order valence-electron chi connectivity index (χ2n) is 6.97. The number of hydrogen-bond donors (Lipinski definition) is 0. The van der Waals surface area contributed by atoms with E-state index in [1.807, 2.05) is 55.5 Å². The van der Waals surface area contributed by atoms with Crippen molar-refractivity contribution in [2.75, 3.05) is 27.4 Å². The lowest BCUT2D eigenvalue weighted by atomic mass is 10.2. The summed E-state index contributed by atoms with van der Waals surface area (Å²) in [6.07, 6.45) is 2.84. The standard InChI is InChI=1S/C25H26N2O5/c1-4-27(16-18-9-13-22(30-2)23(15-18)31-3)24(28)17-32-25(29)14-12-20-11-10-19-7-5-6-8-21(19)26-20/h5-15H,4,16-17H2,1-3H3/b14-12+. The highest BCUT2D eigenvalue weighted by Crippen LogP contribution is 2.28. The van der Waals surface area contributed by atoms with Crippen molar-refractivity contribution >= 4 is 28.9 Å². The van der Waals surface area contributed by atoms with Gasteiger partial charge in [0.2, 0.25) is 0 Å². The van der Waals surface area contributed by atoms with Gasteiger partial charge in [-0.05, 0) is 42.8 Å². The lowest BCUT2D eigenvalue weighted by molar-refractivity contribution is -0.148. The number of esters is 1. The molecule has 166 valence electrons. The second kappa shape index (κ2) is 10.9. The number of carbonyl (C=O) groups is 2. The van der Waals surface area contributed by atoms with Gasteiger partial charge in [0.15, 0.2) is 18.1 Å². The van der Waals surface area contributed by atoms with Gasteiger partial charge in [0.25, 0.3) is 5.91 Å². The van der Waals surface area contributed by atoms with Crippen molar-refractivity contribution in [3.8, 4) is 11.5 Å². The van der Waals surface area contributed by atoms with Crippen LogP contribution in [-0.4, -0.2) is 49.1 Å². The normalized spacial score (nSPS) is 10.8. The zero-order valence-electron chi connectivity index (χ0n) is 18.4. The number of aromatic nitrogens is 1. The van der Waals surface area contributed by atoms with Crippen LogP contribution in [0.1, 0.15) is 18.2 Å². The minimum Gasteiger partial charge on any atom is -0.493 e. The van der Waals surface area contributed by atoms with Crippen molar-refractivity contribution in [3.63, 3.8) is 0 Å². The van der Waals surface area contributed by atoms with Crippen molar-refractivity contribution in [3.05, 3.63) is 71.9 Å². The van der Waals surface area contributed by atoms with Crippen LogP contribution in [0, 0.1) is 0 Å². The molecular weight excluding hydrogens is 408 g/mol. The summed E-state index contributed by atoms with van der Waals surface area (Å²) < 4.78 is 15.7. The van der Waals surface area contributed by atoms with E-state index >= 15 is 0 Å². The summed E-state index contributed by atoms with van der Waals surface area (Å²) in [6, 6.07) is 17.0. The van der Waals surface area contributed by atoms with Crippen molar-refractivity contribution in [1.29, 1.82) is 0 Å². The van der Waals surface area contributed by atoms with Gasteiger partial charge in [-0.3, -0.25) is 4.79 Å². The average molecular weight is 434 g/mol. The Morgan fingerprint density at radius 1 is 1.00 bits per heavy atom. The number of pyridine rings is 1. The van der Waals surface area contributed by atoms with Crippen LogP contribution in [0.15, 0.2) is 60.7 Å². The molecule has 0 aliphatic rings. The summed E-state index contributed by atoms with van der Waals surface area (Å²) in [6.45, 7) is 2.37. The van der Waals surface area contributed by atoms with Gasteiger partial charge in [0, 0.05) is 24.6 Å². The Hall–Kier alpha value is -3.87. The van der Waals surface area contributed by atoms with Crippen LogP contribution in [0.3, 0.4) is 0 Å². The smallest absolute Gasteiger partial charge is 0.331 e. The maximum absolute atomic E-state index is 12.5. The first-order valence-corrected chi connectivity index (χ1v) is 10.2. The molecule has 0 saturated carbocycles. The molecule has 0 aliphatic heterocycles. The Labute approximate surface area is 187 Å². The van der Waals surface area contributed by atoms with Gasteiger partial charge in [-0.2, -0.15) is 0 Å². The molecule has 1 heterocycles. The van der Waals surface area contributed by atoms with Crippen molar-refractivity contribution in [2.24, 2.45) is 0 Å². The Morgan fingerprint density at radius 2 is 1.78 bits per heavy atom. The maximum Gasteiger partial charge on any atom is 0.331 e. The minimum absolute atomic E-state index is 0.284. The molecule has 0 N–H and O–H groups in total. The first-order valence-electron chi connectivity index (χ1n) is 10.2. The predicted octanol–water partition coefficient (Wildman–Crippen LogP) is 3.86. The van der Waals surface area contributed by atoms with E-state index in [2.05, 4.69) is 4.98 Å². The first-order chi connectivity index (χ1) is 15.5. The molecule has 0 spiro atoms. The van der Waals surface area contributed by atoms with Crippen molar-refractivity contribution < 1.29 is 23.8 Å². The molecule has 3 aromatic rings. The molecule has 32 heavy (non-hydrogen) atoms. The lowest BCUT2D eigenvalue weighted by Crippen LogP contribution is -2.34. The highest BCUT2D eigenvalue weighted by atomic mass is 16.5. The highest BCUT2D eigenvalue weighted by molar-refractivity contribution is 5.89. The molecule has 1 amide bonds. The van der Waals surface area contributed by atoms with E-state index in [1.54, 1.807) is 31.3 Å². The first kappa shape index (κ1) is 22.8. The number of para-hydroxylation sites is 1. The summed E-state index contributed by atoms with van der Waals surface area (Å²) in [5, 5.41) is 1.02. The van der Waals surface area contributed by atoms with Crippen LogP contribution < -0.4 is 9.47 Å². The number of nitrogens with zero attached hydrogens (tertiary/aromatic N) is 2. The number of amides is 1. The van der Waals surface area contributed by atoms with Crippen LogP contribution in [0.25, 0.3) is 17.0 Å². The molecule has 3 rings (SSSR count). The number of methoxy groups -OCH3 is 2. The number of benzene rings is 2. The van der Waals surface area contributed by atoms with E-state index < -0.39 is 5.97 Å². The summed E-state index contributed by atoms with van der Waals surface area (Å²) >= 11 is 0. The number of carbonyl (C=O) groups excluding carboxylic acids is 2. The SMILES string of the molecule is CCN(Cc1ccc(OC)c(OC)c1)C(=O)COC(=O)/C=C/c1ccc2ccccc2n1. The zero-order valence-corrected chi connectivity index (χ0v) is 18.4. The van der Waals surface area contributed by atoms with Gasteiger partial charge in [-0.25, -0.2) is 9.78 Å². The van der Waals surface area contributed by atoms with E-state index in [-0.39, 0.29) is 12.5 Å². The van der Waals surface area contributed by atoms with Crippen LogP contribution in [0.2, 0.25) is 0 Å². The van der Waals surface area contributed by atoms with Crippen LogP contribution >= 0.6 is 0 Å². The fourth-order valence-corrected chi connectivity index (χ4v) is 3.18. The molecule has 0 bridgehead atoms. The zero-order chi connectivity index (χ0) is 22.9. The molecule has 0 unspecified atom stereocenters. The second-order valence-corrected chi connectivity index (χ2v) is 6.97. The van der Waals surface area contributed by atoms with Gasteiger partial charge < -0.3 is 19.1 Å². The largest absolute Gasteiger partial charge is 0.493 e. The third-order valence-corrected chi connectivity index (χ3v) is 4.90. The molecule has 0 saturated heterocycles. The molecule has 1 aromatic heterocycles. The molecular formula is C25H26N2O5. The third-order valence-electron chi connectivity index (χ3n) is 4.90. The molecule has 7 heteroatoms. The molecule has 0 atom stereocenters. The maximum atomic E-state index is 12.5. The molecule has 2 aromatic carbocycles. The van der Waals surface area contributed by atoms with Crippen molar-refractivity contribution in [2.45, 2.75) is 13.5 Å². The fourth-order valence-electron chi connectivity index (χ4n) is 3.18. The van der Waals surface area contributed by atoms with Crippen molar-refractivity contribution in [1.82, 2.24) is 9.88 Å². The molecule has 0 fully saturated rings. The van der Waals surface area contributed by atoms with E-state index in [0.29, 0.717) is 30.3 Å². The van der Waals surface area contributed by atoms with E-state index in [9.17, 15) is 9.59 Å². The topological polar surface area (TPSA) is 78.0 Å². The van der Waals surface area contributed by atoms with Crippen LogP contribution in [0.5, 0.6) is 11.5 Å². The average Bonchev–Trinajstić information content (AvgIpc) is 2.84. The van der Waals surface area contributed by atoms with Gasteiger partial charge in [-0.1, -0.05) is 30.3 Å². The number of likely N-dealkylation sites (N-methyl/N-ethyl adjacent to an activating group) is 1. The summed E-state index contributed by atoms with van der Waals surface area (Å²) in [5.41, 5.74) is 2.36. The van der Waals surface area contributed by atoms with E-state index in [1.165, 1.54) is 6.08 Å². The summed E-state index contributed by atoms with van der Waals surface area (Å²) in [4.78, 5) is 30.7. The summed E-state index contributed by atoms with van der Waals surface area (Å²) in [5.74, 6) is 0.322. The monoisotopic (exact) mass is 434 g/mol. The predicted molar refractivity (Wildman–Crippen MR) is 122 cm³/mol. The molecule has 0 radical (unpaired) electrons. The van der Waals surface area contributed by atoms with Gasteiger partial charge in [-0.15, -0.1) is 0 Å². The van der Waals surface area contributed by atoms with Crippen LogP contribution in [0.4, 0.5) is 0 Å². The van der Waals surface area contributed by atoms with Crippen LogP contribution in [-0.2, 0) is 20.9 Å². The number of rotatable bonds is 9. The minimum atomic E-state index is -0.601. The Balaban J connectivity index is 1.55. The Kier molecular flexibility index (Phi) is 7.80. The Bertz CT molecular complexity index is 1130.